The van der Waals surface area contributed by atoms with E-state index in [9.17, 15) is 5.11 Å². The maximum atomic E-state index is 9.27. The first-order valence-electron chi connectivity index (χ1n) is 9.46. The highest BCUT2D eigenvalue weighted by atomic mass is 35.5. The molecule has 11 nitrogen and oxygen atoms in total. The predicted octanol–water partition coefficient (Wildman–Crippen LogP) is -2.55. The molecule has 1 aromatic rings. The molecule has 2 fully saturated rings. The number of piperidine rings is 2. The molecule has 0 radical (unpaired) electrons. The van der Waals surface area contributed by atoms with Gasteiger partial charge in [-0.2, -0.15) is 15.0 Å². The summed E-state index contributed by atoms with van der Waals surface area (Å²) in [6.07, 6.45) is 1.56. The van der Waals surface area contributed by atoms with Crippen LogP contribution >= 0.6 is 12.4 Å². The fourth-order valence-electron chi connectivity index (χ4n) is 3.73. The largest absolute Gasteiger partial charge is 0.395 e. The maximum absolute atomic E-state index is 9.27. The van der Waals surface area contributed by atoms with Crippen LogP contribution in [0.5, 0.6) is 0 Å². The van der Waals surface area contributed by atoms with Gasteiger partial charge in [-0.25, -0.2) is 0 Å². The highest BCUT2D eigenvalue weighted by molar-refractivity contribution is 5.85. The molecular formula is C16H33ClN10O. The summed E-state index contributed by atoms with van der Waals surface area (Å²) in [6, 6.07) is -0.0947. The lowest BCUT2D eigenvalue weighted by molar-refractivity contribution is 0.303. The molecule has 0 unspecified atom stereocenters. The zero-order chi connectivity index (χ0) is 19.6. The van der Waals surface area contributed by atoms with E-state index in [2.05, 4.69) is 15.0 Å². The van der Waals surface area contributed by atoms with E-state index in [1.54, 1.807) is 4.90 Å². The normalized spacial score (nSPS) is 28.1. The third-order valence-corrected chi connectivity index (χ3v) is 4.97. The van der Waals surface area contributed by atoms with Crippen LogP contribution in [0.2, 0.25) is 0 Å². The third-order valence-electron chi connectivity index (χ3n) is 4.97. The molecule has 0 aromatic carbocycles. The van der Waals surface area contributed by atoms with Crippen LogP contribution in [0.3, 0.4) is 0 Å². The average molecular weight is 417 g/mol. The molecule has 12 heteroatoms. The van der Waals surface area contributed by atoms with Gasteiger partial charge in [0.25, 0.3) is 0 Å². The molecule has 9 N–H and O–H groups in total. The molecule has 3 rings (SSSR count). The van der Waals surface area contributed by atoms with Crippen LogP contribution in [-0.4, -0.2) is 90.6 Å². The van der Waals surface area contributed by atoms with Crippen molar-refractivity contribution in [3.63, 3.8) is 0 Å². The number of anilines is 3. The summed E-state index contributed by atoms with van der Waals surface area (Å²) in [7, 11) is 1.83. The fourth-order valence-corrected chi connectivity index (χ4v) is 3.73. The third kappa shape index (κ3) is 5.52. The van der Waals surface area contributed by atoms with Gasteiger partial charge in [-0.3, -0.25) is 0 Å². The van der Waals surface area contributed by atoms with E-state index in [-0.39, 0.29) is 43.2 Å². The summed E-state index contributed by atoms with van der Waals surface area (Å²) in [5.41, 5.74) is 24.5. The lowest BCUT2D eigenvalue weighted by Crippen LogP contribution is -2.54. The molecule has 3 heterocycles. The van der Waals surface area contributed by atoms with Gasteiger partial charge in [0.1, 0.15) is 0 Å². The SMILES string of the molecule is CN(CCO)c1nc(N2C[C@H](N)C[C@H](N)C2)nc(N2C[C@H](N)C[C@H](N)C2)n1.Cl. The lowest BCUT2D eigenvalue weighted by Gasteiger charge is -2.37. The smallest absolute Gasteiger partial charge is 0.232 e. The molecule has 28 heavy (non-hydrogen) atoms. The lowest BCUT2D eigenvalue weighted by atomic mass is 10.0. The van der Waals surface area contributed by atoms with Crippen molar-refractivity contribution in [2.45, 2.75) is 37.0 Å². The topological polar surface area (TPSA) is 173 Å². The van der Waals surface area contributed by atoms with Crippen LogP contribution < -0.4 is 37.6 Å². The maximum Gasteiger partial charge on any atom is 0.232 e. The molecule has 2 aliphatic rings. The van der Waals surface area contributed by atoms with Crippen LogP contribution in [0.25, 0.3) is 0 Å². The number of hydrogen-bond acceptors (Lipinski definition) is 11. The molecule has 0 spiro atoms. The van der Waals surface area contributed by atoms with E-state index < -0.39 is 0 Å². The Kier molecular flexibility index (Phi) is 7.98. The van der Waals surface area contributed by atoms with Gasteiger partial charge in [-0.05, 0) is 12.8 Å². The molecule has 0 saturated carbocycles. The quantitative estimate of drug-likeness (QED) is 0.342. The van der Waals surface area contributed by atoms with Crippen LogP contribution in [0.4, 0.5) is 17.8 Å². The van der Waals surface area contributed by atoms with Crippen LogP contribution in [0.1, 0.15) is 12.8 Å². The number of hydrogen-bond donors (Lipinski definition) is 5. The van der Waals surface area contributed by atoms with Crippen LogP contribution in [-0.2, 0) is 0 Å². The standard InChI is InChI=1S/C16H32N10O.ClH/c1-24(2-3-27)14-21-15(25-6-10(17)4-11(18)7-25)23-16(22-14)26-8-12(19)5-13(20)9-26;/h10-13,27H,2-9,17-20H2,1H3;1H/t10-,11+,12-,13+;. The Morgan fingerprint density at radius 3 is 1.61 bits per heavy atom. The van der Waals surface area contributed by atoms with Crippen LogP contribution in [0.15, 0.2) is 0 Å². The summed E-state index contributed by atoms with van der Waals surface area (Å²) in [5, 5.41) is 9.27. The van der Waals surface area contributed by atoms with Crippen molar-refractivity contribution in [3.05, 3.63) is 0 Å². The van der Waals surface area contributed by atoms with Crippen molar-refractivity contribution in [2.24, 2.45) is 22.9 Å². The van der Waals surface area contributed by atoms with E-state index in [0.717, 1.165) is 12.8 Å². The zero-order valence-electron chi connectivity index (χ0n) is 16.3. The van der Waals surface area contributed by atoms with E-state index >= 15 is 0 Å². The average Bonchev–Trinajstić information content (AvgIpc) is 2.60. The fraction of sp³-hybridized carbons (Fsp3) is 0.812. The number of nitrogens with zero attached hydrogens (tertiary/aromatic N) is 6. The first kappa shape index (κ1) is 22.8. The van der Waals surface area contributed by atoms with Crippen molar-refractivity contribution in [3.8, 4) is 0 Å². The van der Waals surface area contributed by atoms with Gasteiger partial charge in [-0.15, -0.1) is 12.4 Å². The summed E-state index contributed by atoms with van der Waals surface area (Å²) in [5.74, 6) is 1.57. The molecule has 2 saturated heterocycles. The number of aliphatic hydroxyl groups is 1. The minimum Gasteiger partial charge on any atom is -0.395 e. The Morgan fingerprint density at radius 1 is 0.857 bits per heavy atom. The van der Waals surface area contributed by atoms with Gasteiger partial charge in [0, 0.05) is 63.9 Å². The van der Waals surface area contributed by atoms with E-state index in [4.69, 9.17) is 22.9 Å². The second-order valence-electron chi connectivity index (χ2n) is 7.70. The monoisotopic (exact) mass is 416 g/mol. The Bertz CT molecular complexity index is 573. The van der Waals surface area contributed by atoms with Crippen molar-refractivity contribution in [1.82, 2.24) is 15.0 Å². The number of likely N-dealkylation sites (N-methyl/N-ethyl adjacent to an activating group) is 1. The van der Waals surface area contributed by atoms with Crippen molar-refractivity contribution in [1.29, 1.82) is 0 Å². The van der Waals surface area contributed by atoms with Crippen molar-refractivity contribution in [2.75, 3.05) is 61.1 Å². The van der Waals surface area contributed by atoms with Gasteiger partial charge in [0.05, 0.1) is 6.61 Å². The number of halogens is 1. The van der Waals surface area contributed by atoms with E-state index in [0.29, 0.717) is 50.6 Å². The summed E-state index contributed by atoms with van der Waals surface area (Å²) < 4.78 is 0. The first-order chi connectivity index (χ1) is 12.9. The summed E-state index contributed by atoms with van der Waals surface area (Å²) in [4.78, 5) is 19.7. The van der Waals surface area contributed by atoms with Crippen LogP contribution in [0, 0.1) is 0 Å². The Balaban J connectivity index is 0.00000280. The number of rotatable bonds is 5. The highest BCUT2D eigenvalue weighted by Crippen LogP contribution is 2.23. The number of aromatic nitrogens is 3. The van der Waals surface area contributed by atoms with E-state index in [1.807, 2.05) is 16.8 Å². The zero-order valence-corrected chi connectivity index (χ0v) is 17.1. The molecule has 2 aliphatic heterocycles. The molecule has 0 bridgehead atoms. The van der Waals surface area contributed by atoms with Gasteiger partial charge in [0.2, 0.25) is 17.8 Å². The predicted molar refractivity (Wildman–Crippen MR) is 113 cm³/mol. The van der Waals surface area contributed by atoms with Gasteiger partial charge in [-0.1, -0.05) is 0 Å². The Hall–Kier alpha value is -1.50. The van der Waals surface area contributed by atoms with Crippen molar-refractivity contribution >= 4 is 30.3 Å². The molecule has 0 aliphatic carbocycles. The summed E-state index contributed by atoms with van der Waals surface area (Å²) in [6.45, 7) is 2.98. The molecular weight excluding hydrogens is 384 g/mol. The van der Waals surface area contributed by atoms with Gasteiger partial charge < -0.3 is 42.7 Å². The molecule has 0 amide bonds. The molecule has 1 aromatic heterocycles. The first-order valence-corrected chi connectivity index (χ1v) is 9.46. The Labute approximate surface area is 171 Å². The van der Waals surface area contributed by atoms with E-state index in [1.165, 1.54) is 0 Å². The minimum atomic E-state index is -0.0237. The van der Waals surface area contributed by atoms with Gasteiger partial charge in [0.15, 0.2) is 0 Å². The number of nitrogens with two attached hydrogens (primary N) is 4. The molecule has 160 valence electrons. The second-order valence-corrected chi connectivity index (χ2v) is 7.70. The van der Waals surface area contributed by atoms with Crippen molar-refractivity contribution < 1.29 is 5.11 Å². The Morgan fingerprint density at radius 2 is 1.25 bits per heavy atom. The van der Waals surface area contributed by atoms with Gasteiger partial charge >= 0.3 is 0 Å². The summed E-state index contributed by atoms with van der Waals surface area (Å²) >= 11 is 0. The number of aliphatic hydroxyl groups excluding tert-OH is 1. The highest BCUT2D eigenvalue weighted by Gasteiger charge is 2.29. The second kappa shape index (κ2) is 9.81. The minimum absolute atomic E-state index is 0. The molecule has 4 atom stereocenters.